The van der Waals surface area contributed by atoms with Crippen molar-refractivity contribution in [1.82, 2.24) is 15.3 Å². The van der Waals surface area contributed by atoms with Gasteiger partial charge >= 0.3 is 5.97 Å². The van der Waals surface area contributed by atoms with Crippen molar-refractivity contribution in [2.45, 2.75) is 58.9 Å². The molecular weight excluding hydrogens is 284 g/mol. The van der Waals surface area contributed by atoms with E-state index in [-0.39, 0.29) is 6.04 Å². The van der Waals surface area contributed by atoms with Gasteiger partial charge in [0, 0.05) is 19.1 Å². The Bertz CT molecular complexity index is 540. The highest BCUT2D eigenvalue weighted by Crippen LogP contribution is 2.21. The molecule has 0 aromatic carbocycles. The van der Waals surface area contributed by atoms with Crippen LogP contribution in [0, 0.1) is 0 Å². The number of rotatable bonds is 3. The zero-order valence-corrected chi connectivity index (χ0v) is 13.8. The minimum Gasteiger partial charge on any atom is -0.460 e. The van der Waals surface area contributed by atoms with Crippen LogP contribution in [0.5, 0.6) is 5.88 Å². The second kappa shape index (κ2) is 6.48. The summed E-state index contributed by atoms with van der Waals surface area (Å²) in [6, 6.07) is 0.234. The maximum Gasteiger partial charge on any atom is 0.349 e. The van der Waals surface area contributed by atoms with Crippen molar-refractivity contribution in [3.63, 3.8) is 0 Å². The molecule has 0 amide bonds. The van der Waals surface area contributed by atoms with Crippen molar-refractivity contribution in [2.24, 2.45) is 0 Å². The third kappa shape index (κ3) is 4.56. The number of hydrogen-bond acceptors (Lipinski definition) is 7. The Kier molecular flexibility index (Phi) is 4.85. The van der Waals surface area contributed by atoms with E-state index in [0.717, 1.165) is 0 Å². The fraction of sp³-hybridized carbons (Fsp3) is 0.667. The van der Waals surface area contributed by atoms with Crippen molar-refractivity contribution in [3.05, 3.63) is 11.9 Å². The lowest BCUT2D eigenvalue weighted by atomic mass is 10.2. The molecule has 22 heavy (non-hydrogen) atoms. The van der Waals surface area contributed by atoms with Gasteiger partial charge in [0.05, 0.1) is 6.20 Å². The molecule has 0 bridgehead atoms. The Labute approximate surface area is 130 Å². The van der Waals surface area contributed by atoms with Crippen molar-refractivity contribution in [3.8, 4) is 5.88 Å². The summed E-state index contributed by atoms with van der Waals surface area (Å²) in [5.41, 5.74) is 0.128. The Hall–Kier alpha value is -1.89. The highest BCUT2D eigenvalue weighted by Gasteiger charge is 2.30. The molecule has 1 aliphatic heterocycles. The number of hydrogen-bond donors (Lipinski definition) is 2. The molecule has 0 fully saturated rings. The van der Waals surface area contributed by atoms with Gasteiger partial charge < -0.3 is 20.1 Å². The number of aromatic nitrogens is 2. The van der Waals surface area contributed by atoms with E-state index in [2.05, 4.69) is 20.6 Å². The molecule has 1 unspecified atom stereocenters. The molecule has 2 N–H and O–H groups in total. The van der Waals surface area contributed by atoms with Gasteiger partial charge in [0.15, 0.2) is 0 Å². The van der Waals surface area contributed by atoms with Crippen molar-refractivity contribution >= 4 is 11.8 Å². The first-order valence-corrected chi connectivity index (χ1v) is 7.47. The van der Waals surface area contributed by atoms with Gasteiger partial charge in [-0.2, -0.15) is 4.98 Å². The number of nitrogens with zero attached hydrogens (tertiary/aromatic N) is 2. The first kappa shape index (κ1) is 16.5. The van der Waals surface area contributed by atoms with Gasteiger partial charge in [-0.3, -0.25) is 4.98 Å². The Morgan fingerprint density at radius 2 is 2.23 bits per heavy atom. The predicted molar refractivity (Wildman–Crippen MR) is 82.8 cm³/mol. The summed E-state index contributed by atoms with van der Waals surface area (Å²) in [6.45, 7) is 10.4. The standard InChI is InChI=1S/C15H24N4O3/c1-9(2)18-12-8-17-10-6-16-7-11(21-13(10)19-12)14(20)22-15(3,4)5/h8-9,11,16H,6-7H2,1-5H3,(H,18,19). The van der Waals surface area contributed by atoms with Crippen LogP contribution in [-0.4, -0.2) is 40.2 Å². The molecule has 0 saturated heterocycles. The summed E-state index contributed by atoms with van der Waals surface area (Å²) in [5, 5.41) is 6.30. The molecule has 2 rings (SSSR count). The monoisotopic (exact) mass is 308 g/mol. The topological polar surface area (TPSA) is 85.4 Å². The van der Waals surface area contributed by atoms with Crippen LogP contribution in [0.25, 0.3) is 0 Å². The fourth-order valence-electron chi connectivity index (χ4n) is 1.98. The summed E-state index contributed by atoms with van der Waals surface area (Å²) < 4.78 is 11.1. The quantitative estimate of drug-likeness (QED) is 0.818. The molecule has 1 aliphatic rings. The van der Waals surface area contributed by atoms with E-state index in [1.807, 2.05) is 34.6 Å². The van der Waals surface area contributed by atoms with Crippen LogP contribution in [0.15, 0.2) is 6.20 Å². The lowest BCUT2D eigenvalue weighted by Gasteiger charge is -2.23. The SMILES string of the molecule is CC(C)Nc1cnc2c(n1)OC(C(=O)OC(C)(C)C)CNC2. The third-order valence-corrected chi connectivity index (χ3v) is 2.79. The molecule has 7 nitrogen and oxygen atoms in total. The number of carbonyl (C=O) groups excluding carboxylic acids is 1. The van der Waals surface area contributed by atoms with Crippen LogP contribution < -0.4 is 15.4 Å². The van der Waals surface area contributed by atoms with E-state index in [0.29, 0.717) is 30.5 Å². The first-order valence-electron chi connectivity index (χ1n) is 7.47. The number of ether oxygens (including phenoxy) is 2. The van der Waals surface area contributed by atoms with Crippen LogP contribution >= 0.6 is 0 Å². The van der Waals surface area contributed by atoms with Gasteiger partial charge in [-0.25, -0.2) is 4.79 Å². The van der Waals surface area contributed by atoms with E-state index < -0.39 is 17.7 Å². The summed E-state index contributed by atoms with van der Waals surface area (Å²) in [6.07, 6.45) is 0.932. The normalized spacial score (nSPS) is 18.2. The van der Waals surface area contributed by atoms with Crippen LogP contribution in [0.1, 0.15) is 40.3 Å². The number of nitrogens with one attached hydrogen (secondary N) is 2. The minimum atomic E-state index is -0.732. The third-order valence-electron chi connectivity index (χ3n) is 2.79. The Balaban J connectivity index is 2.15. The van der Waals surface area contributed by atoms with E-state index in [1.54, 1.807) is 6.20 Å². The molecule has 0 radical (unpaired) electrons. The van der Waals surface area contributed by atoms with Crippen molar-refractivity contribution in [1.29, 1.82) is 0 Å². The van der Waals surface area contributed by atoms with Gasteiger partial charge in [-0.05, 0) is 34.6 Å². The van der Waals surface area contributed by atoms with E-state index >= 15 is 0 Å². The van der Waals surface area contributed by atoms with Gasteiger partial charge in [0.2, 0.25) is 12.0 Å². The van der Waals surface area contributed by atoms with Gasteiger partial charge in [-0.15, -0.1) is 0 Å². The smallest absolute Gasteiger partial charge is 0.349 e. The fourth-order valence-corrected chi connectivity index (χ4v) is 1.98. The maximum absolute atomic E-state index is 12.2. The summed E-state index contributed by atoms with van der Waals surface area (Å²) in [4.78, 5) is 20.9. The molecule has 1 aromatic heterocycles. The predicted octanol–water partition coefficient (Wildman–Crippen LogP) is 1.49. The molecule has 0 saturated carbocycles. The van der Waals surface area contributed by atoms with E-state index in [1.165, 1.54) is 0 Å². The highest BCUT2D eigenvalue weighted by atomic mass is 16.6. The molecule has 0 aliphatic carbocycles. The second-order valence-electron chi connectivity index (χ2n) is 6.58. The zero-order valence-electron chi connectivity index (χ0n) is 13.8. The number of esters is 1. The Morgan fingerprint density at radius 1 is 1.50 bits per heavy atom. The lowest BCUT2D eigenvalue weighted by Crippen LogP contribution is -2.40. The molecular formula is C15H24N4O3. The Morgan fingerprint density at radius 3 is 2.86 bits per heavy atom. The zero-order chi connectivity index (χ0) is 16.3. The average molecular weight is 308 g/mol. The molecule has 7 heteroatoms. The van der Waals surface area contributed by atoms with Crippen LogP contribution in [-0.2, 0) is 16.1 Å². The average Bonchev–Trinajstić information content (AvgIpc) is 2.57. The number of anilines is 1. The first-order chi connectivity index (χ1) is 10.2. The number of fused-ring (bicyclic) bond motifs is 1. The number of carbonyl (C=O) groups is 1. The van der Waals surface area contributed by atoms with Gasteiger partial charge in [0.25, 0.3) is 0 Å². The maximum atomic E-state index is 12.2. The second-order valence-corrected chi connectivity index (χ2v) is 6.58. The van der Waals surface area contributed by atoms with Crippen LogP contribution in [0.2, 0.25) is 0 Å². The minimum absolute atomic E-state index is 0.234. The molecule has 0 spiro atoms. The van der Waals surface area contributed by atoms with Crippen LogP contribution in [0.3, 0.4) is 0 Å². The lowest BCUT2D eigenvalue weighted by molar-refractivity contribution is -0.163. The van der Waals surface area contributed by atoms with Crippen LogP contribution in [0.4, 0.5) is 5.82 Å². The van der Waals surface area contributed by atoms with Gasteiger partial charge in [0.1, 0.15) is 17.1 Å². The molecule has 122 valence electrons. The van der Waals surface area contributed by atoms with Crippen molar-refractivity contribution < 1.29 is 14.3 Å². The van der Waals surface area contributed by atoms with Gasteiger partial charge in [-0.1, -0.05) is 0 Å². The summed E-state index contributed by atoms with van der Waals surface area (Å²) >= 11 is 0. The molecule has 2 heterocycles. The van der Waals surface area contributed by atoms with E-state index in [9.17, 15) is 4.79 Å². The molecule has 1 aromatic rings. The van der Waals surface area contributed by atoms with Crippen molar-refractivity contribution in [2.75, 3.05) is 11.9 Å². The largest absolute Gasteiger partial charge is 0.460 e. The molecule has 1 atom stereocenters. The summed E-state index contributed by atoms with van der Waals surface area (Å²) in [7, 11) is 0. The summed E-state index contributed by atoms with van der Waals surface area (Å²) in [5.74, 6) is 0.585. The highest BCUT2D eigenvalue weighted by molar-refractivity contribution is 5.76. The van der Waals surface area contributed by atoms with E-state index in [4.69, 9.17) is 9.47 Å².